The largest absolute Gasteiger partial charge is 0.496 e. The number of nitro groups is 1. The van der Waals surface area contributed by atoms with Gasteiger partial charge in [-0.3, -0.25) is 15.1 Å². The zero-order valence-electron chi connectivity index (χ0n) is 16.0. The van der Waals surface area contributed by atoms with E-state index in [4.69, 9.17) is 14.2 Å². The predicted octanol–water partition coefficient (Wildman–Crippen LogP) is 3.16. The van der Waals surface area contributed by atoms with Gasteiger partial charge in [-0.1, -0.05) is 0 Å². The molecular formula is C20H23N3O5. The molecular weight excluding hydrogens is 362 g/mol. The van der Waals surface area contributed by atoms with Crippen molar-refractivity contribution in [3.8, 4) is 11.5 Å². The van der Waals surface area contributed by atoms with E-state index < -0.39 is 4.92 Å². The van der Waals surface area contributed by atoms with Gasteiger partial charge < -0.3 is 14.2 Å². The lowest BCUT2D eigenvalue weighted by Gasteiger charge is -2.23. The summed E-state index contributed by atoms with van der Waals surface area (Å²) in [6.45, 7) is 4.90. The highest BCUT2D eigenvalue weighted by Gasteiger charge is 2.12. The zero-order valence-corrected chi connectivity index (χ0v) is 16.0. The molecule has 0 atom stereocenters. The quantitative estimate of drug-likeness (QED) is 0.413. The second-order valence-corrected chi connectivity index (χ2v) is 6.38. The Morgan fingerprint density at radius 1 is 1.25 bits per heavy atom. The molecule has 1 heterocycles. The van der Waals surface area contributed by atoms with Crippen molar-refractivity contribution in [1.29, 1.82) is 0 Å². The number of hydrazone groups is 1. The minimum absolute atomic E-state index is 0.0752. The molecule has 1 fully saturated rings. The van der Waals surface area contributed by atoms with Gasteiger partial charge in [-0.25, -0.2) is 0 Å². The zero-order chi connectivity index (χ0) is 19.9. The molecule has 3 rings (SSSR count). The molecule has 1 saturated heterocycles. The van der Waals surface area contributed by atoms with Gasteiger partial charge in [0.05, 0.1) is 44.6 Å². The number of nitro benzene ring substituents is 1. The molecule has 8 nitrogen and oxygen atoms in total. The Balaban J connectivity index is 1.70. The normalized spacial score (nSPS) is 14.3. The van der Waals surface area contributed by atoms with Crippen LogP contribution in [0.25, 0.3) is 0 Å². The molecule has 0 bridgehead atoms. The number of morpholine rings is 1. The number of nitrogens with zero attached hydrogens (tertiary/aromatic N) is 3. The first-order valence-corrected chi connectivity index (χ1v) is 8.98. The smallest absolute Gasteiger partial charge is 0.272 e. The predicted molar refractivity (Wildman–Crippen MR) is 105 cm³/mol. The highest BCUT2D eigenvalue weighted by molar-refractivity contribution is 5.80. The van der Waals surface area contributed by atoms with E-state index in [2.05, 4.69) is 5.10 Å². The van der Waals surface area contributed by atoms with Crippen LogP contribution in [0.4, 0.5) is 5.69 Å². The van der Waals surface area contributed by atoms with Crippen molar-refractivity contribution in [3.05, 3.63) is 63.2 Å². The van der Waals surface area contributed by atoms with E-state index in [-0.39, 0.29) is 12.3 Å². The Morgan fingerprint density at radius 2 is 2.04 bits per heavy atom. The first-order chi connectivity index (χ1) is 13.6. The molecule has 0 saturated carbocycles. The first-order valence-electron chi connectivity index (χ1n) is 8.98. The van der Waals surface area contributed by atoms with E-state index in [0.29, 0.717) is 30.3 Å². The molecule has 1 aliphatic rings. The molecule has 0 unspecified atom stereocenters. The molecule has 2 aromatic carbocycles. The summed E-state index contributed by atoms with van der Waals surface area (Å²) in [6, 6.07) is 10.5. The Labute approximate surface area is 163 Å². The van der Waals surface area contributed by atoms with E-state index in [9.17, 15) is 10.1 Å². The minimum atomic E-state index is -0.403. The molecule has 0 radical (unpaired) electrons. The fourth-order valence-corrected chi connectivity index (χ4v) is 2.89. The molecule has 8 heteroatoms. The van der Waals surface area contributed by atoms with Crippen molar-refractivity contribution >= 4 is 11.9 Å². The third-order valence-corrected chi connectivity index (χ3v) is 4.42. The third kappa shape index (κ3) is 4.98. The van der Waals surface area contributed by atoms with Crippen molar-refractivity contribution < 1.29 is 19.1 Å². The van der Waals surface area contributed by atoms with Crippen molar-refractivity contribution in [2.24, 2.45) is 5.10 Å². The average Bonchev–Trinajstić information content (AvgIpc) is 2.71. The Hall–Kier alpha value is -3.13. The van der Waals surface area contributed by atoms with E-state index >= 15 is 0 Å². The molecule has 148 valence electrons. The molecule has 2 aromatic rings. The highest BCUT2D eigenvalue weighted by atomic mass is 16.6. The van der Waals surface area contributed by atoms with Crippen LogP contribution in [0.3, 0.4) is 0 Å². The fraction of sp³-hybridized carbons (Fsp3) is 0.350. The van der Waals surface area contributed by atoms with Crippen LogP contribution in [0.5, 0.6) is 11.5 Å². The molecule has 0 aliphatic carbocycles. The number of benzene rings is 2. The standard InChI is InChI=1S/C20H23N3O5/c1-15-11-18(4-5-19(15)23(24)25)28-14-17-12-16(3-6-20(17)26-2)13-21-22-7-9-27-10-8-22/h3-6,11-13H,7-10,14H2,1-2H3/b21-13-. The van der Waals surface area contributed by atoms with Crippen molar-refractivity contribution in [1.82, 2.24) is 5.01 Å². The van der Waals surface area contributed by atoms with E-state index in [1.54, 1.807) is 26.2 Å². The van der Waals surface area contributed by atoms with Crippen LogP contribution >= 0.6 is 0 Å². The number of aryl methyl sites for hydroxylation is 1. The molecule has 0 aromatic heterocycles. The lowest BCUT2D eigenvalue weighted by molar-refractivity contribution is -0.385. The number of hydrogen-bond donors (Lipinski definition) is 0. The maximum absolute atomic E-state index is 10.9. The van der Waals surface area contributed by atoms with Crippen molar-refractivity contribution in [2.75, 3.05) is 33.4 Å². The van der Waals surface area contributed by atoms with E-state index in [1.165, 1.54) is 6.07 Å². The van der Waals surface area contributed by atoms with Gasteiger partial charge in [-0.2, -0.15) is 5.10 Å². The summed E-state index contributed by atoms with van der Waals surface area (Å²) in [7, 11) is 1.61. The van der Waals surface area contributed by atoms with Crippen LogP contribution < -0.4 is 9.47 Å². The topological polar surface area (TPSA) is 86.4 Å². The summed E-state index contributed by atoms with van der Waals surface area (Å²) < 4.78 is 16.6. The molecule has 1 aliphatic heterocycles. The minimum Gasteiger partial charge on any atom is -0.496 e. The second kappa shape index (κ2) is 9.18. The highest BCUT2D eigenvalue weighted by Crippen LogP contribution is 2.26. The summed E-state index contributed by atoms with van der Waals surface area (Å²) in [4.78, 5) is 10.5. The lowest BCUT2D eigenvalue weighted by atomic mass is 10.1. The summed E-state index contributed by atoms with van der Waals surface area (Å²) in [5.41, 5.74) is 2.43. The van der Waals surface area contributed by atoms with Gasteiger partial charge in [0.1, 0.15) is 18.1 Å². The van der Waals surface area contributed by atoms with E-state index in [1.807, 2.05) is 29.4 Å². The van der Waals surface area contributed by atoms with Crippen LogP contribution in [-0.4, -0.2) is 49.6 Å². The summed E-state index contributed by atoms with van der Waals surface area (Å²) in [6.07, 6.45) is 1.81. The van der Waals surface area contributed by atoms with Crippen LogP contribution in [0.2, 0.25) is 0 Å². The molecule has 0 N–H and O–H groups in total. The fourth-order valence-electron chi connectivity index (χ4n) is 2.89. The Bertz CT molecular complexity index is 863. The molecule has 28 heavy (non-hydrogen) atoms. The van der Waals surface area contributed by atoms with Crippen LogP contribution in [-0.2, 0) is 11.3 Å². The maximum atomic E-state index is 10.9. The van der Waals surface area contributed by atoms with Gasteiger partial charge >= 0.3 is 0 Å². The van der Waals surface area contributed by atoms with Crippen molar-refractivity contribution in [2.45, 2.75) is 13.5 Å². The molecule has 0 amide bonds. The van der Waals surface area contributed by atoms with Gasteiger partial charge in [0, 0.05) is 17.2 Å². The van der Waals surface area contributed by atoms with Crippen LogP contribution in [0.1, 0.15) is 16.7 Å². The summed E-state index contributed by atoms with van der Waals surface area (Å²) >= 11 is 0. The van der Waals surface area contributed by atoms with Crippen LogP contribution in [0, 0.1) is 17.0 Å². The number of methoxy groups -OCH3 is 1. The number of ether oxygens (including phenoxy) is 3. The summed E-state index contributed by atoms with van der Waals surface area (Å²) in [5, 5.41) is 17.4. The average molecular weight is 385 g/mol. The third-order valence-electron chi connectivity index (χ3n) is 4.42. The second-order valence-electron chi connectivity index (χ2n) is 6.38. The summed E-state index contributed by atoms with van der Waals surface area (Å²) in [5.74, 6) is 1.28. The van der Waals surface area contributed by atoms with Gasteiger partial charge in [0.15, 0.2) is 0 Å². The molecule has 0 spiro atoms. The Morgan fingerprint density at radius 3 is 2.71 bits per heavy atom. The van der Waals surface area contributed by atoms with Gasteiger partial charge in [-0.15, -0.1) is 0 Å². The lowest BCUT2D eigenvalue weighted by Crippen LogP contribution is -2.32. The van der Waals surface area contributed by atoms with E-state index in [0.717, 1.165) is 24.2 Å². The van der Waals surface area contributed by atoms with Gasteiger partial charge in [0.2, 0.25) is 0 Å². The van der Waals surface area contributed by atoms with Gasteiger partial charge in [0.25, 0.3) is 5.69 Å². The van der Waals surface area contributed by atoms with Crippen LogP contribution in [0.15, 0.2) is 41.5 Å². The Kier molecular flexibility index (Phi) is 6.44. The van der Waals surface area contributed by atoms with Gasteiger partial charge in [-0.05, 0) is 42.8 Å². The maximum Gasteiger partial charge on any atom is 0.272 e. The number of hydrogen-bond acceptors (Lipinski definition) is 7. The monoisotopic (exact) mass is 385 g/mol. The first kappa shape index (κ1) is 19.6. The van der Waals surface area contributed by atoms with Crippen molar-refractivity contribution in [3.63, 3.8) is 0 Å². The number of rotatable bonds is 7. The SMILES string of the molecule is COc1ccc(/C=N\N2CCOCC2)cc1COc1ccc([N+](=O)[O-])c(C)c1.